The van der Waals surface area contributed by atoms with Crippen molar-refractivity contribution in [2.75, 3.05) is 11.5 Å². The molecule has 0 aromatic carbocycles. The second kappa shape index (κ2) is 4.63. The molecule has 0 amide bonds. The normalized spacial score (nSPS) is 19.8. The Morgan fingerprint density at radius 1 is 1.32 bits per heavy atom. The van der Waals surface area contributed by atoms with Gasteiger partial charge in [0.05, 0.1) is 17.2 Å². The number of pyridine rings is 1. The van der Waals surface area contributed by atoms with Crippen molar-refractivity contribution >= 4 is 15.5 Å². The average molecular weight is 278 g/mol. The van der Waals surface area contributed by atoms with E-state index >= 15 is 0 Å². The summed E-state index contributed by atoms with van der Waals surface area (Å²) in [6.07, 6.45) is 4.51. The van der Waals surface area contributed by atoms with Gasteiger partial charge in [-0.25, -0.2) is 13.4 Å². The molecule has 2 aromatic rings. The van der Waals surface area contributed by atoms with Crippen LogP contribution in [0.5, 0.6) is 0 Å². The highest BCUT2D eigenvalue weighted by molar-refractivity contribution is 7.91. The Labute approximate surface area is 113 Å². The minimum atomic E-state index is -2.76. The average Bonchev–Trinajstić information content (AvgIpc) is 2.76. The van der Waals surface area contributed by atoms with Gasteiger partial charge in [-0.1, -0.05) is 6.07 Å². The van der Waals surface area contributed by atoms with E-state index in [0.717, 1.165) is 30.6 Å². The fraction of sp³-hybridized carbons (Fsp3) is 0.500. The summed E-state index contributed by atoms with van der Waals surface area (Å²) < 4.78 is 24.9. The van der Waals surface area contributed by atoms with Crippen molar-refractivity contribution in [3.8, 4) is 0 Å². The van der Waals surface area contributed by atoms with Crippen LogP contribution in [-0.2, 0) is 16.3 Å². The van der Waals surface area contributed by atoms with E-state index in [0.29, 0.717) is 17.4 Å². The van der Waals surface area contributed by atoms with E-state index in [2.05, 4.69) is 28.6 Å². The van der Waals surface area contributed by atoms with Crippen molar-refractivity contribution < 1.29 is 8.42 Å². The molecule has 3 heterocycles. The van der Waals surface area contributed by atoms with Crippen LogP contribution < -0.4 is 0 Å². The Morgan fingerprint density at radius 3 is 2.74 bits per heavy atom. The Balaban J connectivity index is 1.77. The molecule has 0 bridgehead atoms. The largest absolute Gasteiger partial charge is 0.304 e. The van der Waals surface area contributed by atoms with Crippen LogP contribution in [0.1, 0.15) is 24.2 Å². The zero-order valence-electron chi connectivity index (χ0n) is 11.0. The van der Waals surface area contributed by atoms with Gasteiger partial charge in [0.1, 0.15) is 15.5 Å². The van der Waals surface area contributed by atoms with Crippen LogP contribution in [-0.4, -0.2) is 29.3 Å². The molecule has 0 atom stereocenters. The molecule has 0 unspecified atom stereocenters. The van der Waals surface area contributed by atoms with E-state index in [1.165, 1.54) is 5.69 Å². The van der Waals surface area contributed by atoms with Crippen LogP contribution in [0, 0.1) is 12.8 Å². The van der Waals surface area contributed by atoms with E-state index in [4.69, 9.17) is 0 Å². The minimum Gasteiger partial charge on any atom is -0.304 e. The number of fused-ring (bicyclic) bond motifs is 1. The third-order valence-electron chi connectivity index (χ3n) is 3.92. The molecule has 0 saturated carbocycles. The summed E-state index contributed by atoms with van der Waals surface area (Å²) in [4.78, 5) is 4.62. The van der Waals surface area contributed by atoms with Crippen LogP contribution in [0.2, 0.25) is 0 Å². The van der Waals surface area contributed by atoms with Crippen LogP contribution >= 0.6 is 0 Å². The molecule has 3 rings (SSSR count). The fourth-order valence-corrected chi connectivity index (χ4v) is 4.32. The first-order chi connectivity index (χ1) is 9.03. The zero-order valence-corrected chi connectivity index (χ0v) is 11.9. The van der Waals surface area contributed by atoms with Crippen molar-refractivity contribution in [1.29, 1.82) is 0 Å². The highest BCUT2D eigenvalue weighted by Gasteiger charge is 2.24. The van der Waals surface area contributed by atoms with Gasteiger partial charge in [0, 0.05) is 11.9 Å². The molecule has 1 saturated heterocycles. The van der Waals surface area contributed by atoms with Crippen LogP contribution in [0.25, 0.3) is 5.65 Å². The molecular weight excluding hydrogens is 260 g/mol. The monoisotopic (exact) mass is 278 g/mol. The van der Waals surface area contributed by atoms with E-state index in [1.54, 1.807) is 0 Å². The Bertz CT molecular complexity index is 689. The molecule has 1 fully saturated rings. The highest BCUT2D eigenvalue weighted by Crippen LogP contribution is 2.23. The summed E-state index contributed by atoms with van der Waals surface area (Å²) in [5, 5.41) is 0. The lowest BCUT2D eigenvalue weighted by atomic mass is 9.97. The number of hydrogen-bond donors (Lipinski definition) is 0. The van der Waals surface area contributed by atoms with Gasteiger partial charge in [-0.3, -0.25) is 0 Å². The van der Waals surface area contributed by atoms with Gasteiger partial charge in [0.25, 0.3) is 0 Å². The van der Waals surface area contributed by atoms with E-state index in [-0.39, 0.29) is 0 Å². The van der Waals surface area contributed by atoms with Crippen molar-refractivity contribution in [3.63, 3.8) is 0 Å². The standard InChI is InChI=1S/C14H18N2O2S/c1-11-3-2-4-14-15-13(10-16(11)14)9-12-5-7-19(17,18)8-6-12/h2-4,10,12H,5-9H2,1H3. The molecule has 0 radical (unpaired) electrons. The van der Waals surface area contributed by atoms with Gasteiger partial charge >= 0.3 is 0 Å². The number of hydrogen-bond acceptors (Lipinski definition) is 3. The van der Waals surface area contributed by atoms with E-state index in [1.807, 2.05) is 12.1 Å². The van der Waals surface area contributed by atoms with Crippen LogP contribution in [0.3, 0.4) is 0 Å². The lowest BCUT2D eigenvalue weighted by Crippen LogP contribution is -2.24. The first kappa shape index (κ1) is 12.7. The first-order valence-electron chi connectivity index (χ1n) is 6.67. The molecule has 102 valence electrons. The Kier molecular flexibility index (Phi) is 3.09. The van der Waals surface area contributed by atoms with E-state index < -0.39 is 9.84 Å². The van der Waals surface area contributed by atoms with Crippen LogP contribution in [0.4, 0.5) is 0 Å². The maximum atomic E-state index is 11.4. The third-order valence-corrected chi connectivity index (χ3v) is 5.63. The Morgan fingerprint density at radius 2 is 2.05 bits per heavy atom. The number of aromatic nitrogens is 2. The maximum absolute atomic E-state index is 11.4. The Hall–Kier alpha value is -1.36. The smallest absolute Gasteiger partial charge is 0.150 e. The van der Waals surface area contributed by atoms with Crippen molar-refractivity contribution in [3.05, 3.63) is 35.8 Å². The molecular formula is C14H18N2O2S. The minimum absolute atomic E-state index is 0.337. The summed E-state index contributed by atoms with van der Waals surface area (Å²) >= 11 is 0. The van der Waals surface area contributed by atoms with Gasteiger partial charge in [0.2, 0.25) is 0 Å². The second-order valence-corrected chi connectivity index (χ2v) is 7.73. The zero-order chi connectivity index (χ0) is 13.5. The first-order valence-corrected chi connectivity index (χ1v) is 8.50. The summed E-state index contributed by atoms with van der Waals surface area (Å²) in [6, 6.07) is 6.07. The van der Waals surface area contributed by atoms with Gasteiger partial charge < -0.3 is 4.40 Å². The number of rotatable bonds is 2. The van der Waals surface area contributed by atoms with Crippen molar-refractivity contribution in [2.45, 2.75) is 26.2 Å². The van der Waals surface area contributed by atoms with Gasteiger partial charge in [-0.15, -0.1) is 0 Å². The predicted octanol–water partition coefficient (Wildman–Crippen LogP) is 2.01. The molecule has 4 nitrogen and oxygen atoms in total. The summed E-state index contributed by atoms with van der Waals surface area (Å²) in [6.45, 7) is 2.06. The number of aryl methyl sites for hydroxylation is 1. The molecule has 1 aliphatic rings. The molecule has 0 N–H and O–H groups in total. The topological polar surface area (TPSA) is 51.4 Å². The molecule has 0 spiro atoms. The predicted molar refractivity (Wildman–Crippen MR) is 75.0 cm³/mol. The quantitative estimate of drug-likeness (QED) is 0.844. The number of sulfone groups is 1. The number of nitrogens with zero attached hydrogens (tertiary/aromatic N) is 2. The lowest BCUT2D eigenvalue weighted by Gasteiger charge is -2.20. The fourth-order valence-electron chi connectivity index (χ4n) is 2.74. The molecule has 5 heteroatoms. The van der Waals surface area contributed by atoms with Crippen LogP contribution in [0.15, 0.2) is 24.4 Å². The van der Waals surface area contributed by atoms with Crippen molar-refractivity contribution in [2.24, 2.45) is 5.92 Å². The summed E-state index contributed by atoms with van der Waals surface area (Å²) in [5.74, 6) is 1.13. The SMILES string of the molecule is Cc1cccc2nc(CC3CCS(=O)(=O)CC3)cn12. The molecule has 0 aliphatic carbocycles. The maximum Gasteiger partial charge on any atom is 0.150 e. The highest BCUT2D eigenvalue weighted by atomic mass is 32.2. The third kappa shape index (κ3) is 2.66. The summed E-state index contributed by atoms with van der Waals surface area (Å²) in [5.41, 5.74) is 3.21. The van der Waals surface area contributed by atoms with E-state index in [9.17, 15) is 8.42 Å². The van der Waals surface area contributed by atoms with Gasteiger partial charge in [0.15, 0.2) is 0 Å². The van der Waals surface area contributed by atoms with Gasteiger partial charge in [-0.2, -0.15) is 0 Å². The molecule has 19 heavy (non-hydrogen) atoms. The van der Waals surface area contributed by atoms with Crippen molar-refractivity contribution in [1.82, 2.24) is 9.38 Å². The second-order valence-electron chi connectivity index (χ2n) is 5.43. The van der Waals surface area contributed by atoms with Gasteiger partial charge in [-0.05, 0) is 44.2 Å². The molecule has 2 aromatic heterocycles. The molecule has 1 aliphatic heterocycles. The lowest BCUT2D eigenvalue weighted by molar-refractivity contribution is 0.459. The summed E-state index contributed by atoms with van der Waals surface area (Å²) in [7, 11) is -2.76. The number of imidazole rings is 1.